The second kappa shape index (κ2) is 10.2. The Bertz CT molecular complexity index is 707. The molecule has 138 valence electrons. The van der Waals surface area contributed by atoms with Gasteiger partial charge in [0.05, 0.1) is 12.7 Å². The number of amides is 1. The van der Waals surface area contributed by atoms with E-state index >= 15 is 0 Å². The second-order valence-corrected chi connectivity index (χ2v) is 6.14. The summed E-state index contributed by atoms with van der Waals surface area (Å²) in [5, 5.41) is 2.84. The van der Waals surface area contributed by atoms with E-state index in [1.54, 1.807) is 18.3 Å². The van der Waals surface area contributed by atoms with Crippen molar-refractivity contribution in [3.05, 3.63) is 59.8 Å². The van der Waals surface area contributed by atoms with Crippen LogP contribution in [0, 0.1) is 0 Å². The van der Waals surface area contributed by atoms with Gasteiger partial charge in [-0.25, -0.2) is 4.98 Å². The van der Waals surface area contributed by atoms with Gasteiger partial charge in [-0.15, -0.1) is 0 Å². The van der Waals surface area contributed by atoms with E-state index in [-0.39, 0.29) is 12.0 Å². The first kappa shape index (κ1) is 19.5. The highest BCUT2D eigenvalue weighted by Gasteiger charge is 2.01. The Kier molecular flexibility index (Phi) is 7.68. The minimum atomic E-state index is -0.154. The molecule has 0 radical (unpaired) electrons. The zero-order chi connectivity index (χ0) is 18.8. The molecule has 0 fully saturated rings. The van der Waals surface area contributed by atoms with Gasteiger partial charge in [0.15, 0.2) is 0 Å². The minimum absolute atomic E-state index is 0.0884. The first-order valence-corrected chi connectivity index (χ1v) is 8.87. The number of benzene rings is 1. The summed E-state index contributed by atoms with van der Waals surface area (Å²) in [6.45, 7) is 7.10. The number of hydrogen-bond acceptors (Lipinski definition) is 4. The Morgan fingerprint density at radius 1 is 1.19 bits per heavy atom. The van der Waals surface area contributed by atoms with Crippen molar-refractivity contribution < 1.29 is 14.3 Å². The number of carbonyl (C=O) groups is 1. The molecule has 1 N–H and O–H groups in total. The van der Waals surface area contributed by atoms with E-state index in [1.165, 1.54) is 6.08 Å². The van der Waals surface area contributed by atoms with Gasteiger partial charge in [0.2, 0.25) is 11.8 Å². The number of nitrogens with one attached hydrogen (secondary N) is 1. The molecule has 2 aromatic rings. The fourth-order valence-electron chi connectivity index (χ4n) is 2.14. The molecule has 0 saturated carbocycles. The van der Waals surface area contributed by atoms with E-state index in [0.29, 0.717) is 19.0 Å². The fraction of sp³-hybridized carbons (Fsp3) is 0.333. The topological polar surface area (TPSA) is 60.5 Å². The van der Waals surface area contributed by atoms with Crippen LogP contribution in [0.5, 0.6) is 11.6 Å². The molecular formula is C21H26N2O3. The lowest BCUT2D eigenvalue weighted by Gasteiger charge is -2.09. The van der Waals surface area contributed by atoms with Gasteiger partial charge in [-0.05, 0) is 49.6 Å². The number of nitrogens with zero attached hydrogens (tertiary/aromatic N) is 1. The van der Waals surface area contributed by atoms with Crippen LogP contribution in [-0.2, 0) is 11.3 Å². The molecule has 0 saturated heterocycles. The highest BCUT2D eigenvalue weighted by Crippen LogP contribution is 2.13. The molecule has 5 heteroatoms. The smallest absolute Gasteiger partial charge is 0.244 e. The molecule has 0 unspecified atom stereocenters. The normalized spacial score (nSPS) is 10.9. The van der Waals surface area contributed by atoms with Crippen LogP contribution in [0.1, 0.15) is 38.3 Å². The summed E-state index contributed by atoms with van der Waals surface area (Å²) in [6.07, 6.45) is 6.06. The SMILES string of the molecule is CCCOc1ccc(/C=C/C(=O)NCc2ccc(OC(C)C)nc2)cc1. The monoisotopic (exact) mass is 354 g/mol. The molecule has 1 heterocycles. The molecule has 0 spiro atoms. The average molecular weight is 354 g/mol. The summed E-state index contributed by atoms with van der Waals surface area (Å²) in [5.41, 5.74) is 1.86. The number of rotatable bonds is 9. The van der Waals surface area contributed by atoms with Gasteiger partial charge in [0, 0.05) is 24.9 Å². The lowest BCUT2D eigenvalue weighted by molar-refractivity contribution is -0.116. The third-order valence-corrected chi connectivity index (χ3v) is 3.40. The van der Waals surface area contributed by atoms with Gasteiger partial charge in [-0.2, -0.15) is 0 Å². The zero-order valence-electron chi connectivity index (χ0n) is 15.6. The maximum atomic E-state index is 11.9. The Labute approximate surface area is 155 Å². The largest absolute Gasteiger partial charge is 0.494 e. The van der Waals surface area contributed by atoms with Crippen LogP contribution in [0.15, 0.2) is 48.7 Å². The van der Waals surface area contributed by atoms with Crippen molar-refractivity contribution >= 4 is 12.0 Å². The van der Waals surface area contributed by atoms with E-state index in [4.69, 9.17) is 9.47 Å². The lowest BCUT2D eigenvalue weighted by Crippen LogP contribution is -2.20. The molecule has 1 aromatic carbocycles. The number of carbonyl (C=O) groups excluding carboxylic acids is 1. The Balaban J connectivity index is 1.79. The van der Waals surface area contributed by atoms with Gasteiger partial charge in [-0.3, -0.25) is 4.79 Å². The molecule has 26 heavy (non-hydrogen) atoms. The van der Waals surface area contributed by atoms with E-state index in [0.717, 1.165) is 23.3 Å². The van der Waals surface area contributed by atoms with Gasteiger partial charge in [0.25, 0.3) is 0 Å². The van der Waals surface area contributed by atoms with Crippen LogP contribution in [0.4, 0.5) is 0 Å². The molecule has 0 aliphatic carbocycles. The lowest BCUT2D eigenvalue weighted by atomic mass is 10.2. The third kappa shape index (κ3) is 6.97. The molecule has 0 bridgehead atoms. The quantitative estimate of drug-likeness (QED) is 0.692. The van der Waals surface area contributed by atoms with Gasteiger partial charge in [0.1, 0.15) is 5.75 Å². The van der Waals surface area contributed by atoms with Gasteiger partial charge < -0.3 is 14.8 Å². The summed E-state index contributed by atoms with van der Waals surface area (Å²) in [4.78, 5) is 16.2. The van der Waals surface area contributed by atoms with Crippen LogP contribution in [0.3, 0.4) is 0 Å². The van der Waals surface area contributed by atoms with Crippen molar-refractivity contribution in [2.45, 2.75) is 39.8 Å². The summed E-state index contributed by atoms with van der Waals surface area (Å²) in [6, 6.07) is 11.3. The number of aromatic nitrogens is 1. The molecule has 2 rings (SSSR count). The predicted octanol–water partition coefficient (Wildman–Crippen LogP) is 3.99. The van der Waals surface area contributed by atoms with Crippen molar-refractivity contribution in [3.8, 4) is 11.6 Å². The number of pyridine rings is 1. The van der Waals surface area contributed by atoms with Gasteiger partial charge >= 0.3 is 0 Å². The standard InChI is InChI=1S/C21H26N2O3/c1-4-13-25-19-9-5-17(6-10-19)7-11-20(24)22-14-18-8-12-21(23-15-18)26-16(2)3/h5-12,15-16H,4,13-14H2,1-3H3,(H,22,24)/b11-7+. The maximum Gasteiger partial charge on any atom is 0.244 e. The first-order chi connectivity index (χ1) is 12.6. The van der Waals surface area contributed by atoms with Crippen molar-refractivity contribution in [2.24, 2.45) is 0 Å². The highest BCUT2D eigenvalue weighted by atomic mass is 16.5. The van der Waals surface area contributed by atoms with Gasteiger partial charge in [-0.1, -0.05) is 25.1 Å². The fourth-order valence-corrected chi connectivity index (χ4v) is 2.14. The summed E-state index contributed by atoms with van der Waals surface area (Å²) < 4.78 is 11.0. The molecule has 0 atom stereocenters. The average Bonchev–Trinajstić information content (AvgIpc) is 2.64. The van der Waals surface area contributed by atoms with Crippen LogP contribution in [0.25, 0.3) is 6.08 Å². The van der Waals surface area contributed by atoms with Crippen molar-refractivity contribution in [1.29, 1.82) is 0 Å². The van der Waals surface area contributed by atoms with E-state index in [2.05, 4.69) is 17.2 Å². The van der Waals surface area contributed by atoms with E-state index < -0.39 is 0 Å². The zero-order valence-corrected chi connectivity index (χ0v) is 15.6. The van der Waals surface area contributed by atoms with E-state index in [1.807, 2.05) is 44.2 Å². The second-order valence-electron chi connectivity index (χ2n) is 6.14. The Hall–Kier alpha value is -2.82. The highest BCUT2D eigenvalue weighted by molar-refractivity contribution is 5.91. The third-order valence-electron chi connectivity index (χ3n) is 3.40. The van der Waals surface area contributed by atoms with Crippen molar-refractivity contribution in [2.75, 3.05) is 6.61 Å². The summed E-state index contributed by atoms with van der Waals surface area (Å²) in [5.74, 6) is 1.27. The maximum absolute atomic E-state index is 11.9. The number of ether oxygens (including phenoxy) is 2. The van der Waals surface area contributed by atoms with Crippen molar-refractivity contribution in [1.82, 2.24) is 10.3 Å². The molecular weight excluding hydrogens is 328 g/mol. The summed E-state index contributed by atoms with van der Waals surface area (Å²) in [7, 11) is 0. The first-order valence-electron chi connectivity index (χ1n) is 8.87. The van der Waals surface area contributed by atoms with Crippen molar-refractivity contribution in [3.63, 3.8) is 0 Å². The Morgan fingerprint density at radius 3 is 2.58 bits per heavy atom. The van der Waals surface area contributed by atoms with Crippen LogP contribution < -0.4 is 14.8 Å². The summed E-state index contributed by atoms with van der Waals surface area (Å²) >= 11 is 0. The molecule has 0 aliphatic heterocycles. The minimum Gasteiger partial charge on any atom is -0.494 e. The Morgan fingerprint density at radius 2 is 1.96 bits per heavy atom. The predicted molar refractivity (Wildman–Crippen MR) is 103 cm³/mol. The molecule has 1 aromatic heterocycles. The number of hydrogen-bond donors (Lipinski definition) is 1. The van der Waals surface area contributed by atoms with Crippen LogP contribution in [-0.4, -0.2) is 23.6 Å². The molecule has 1 amide bonds. The molecule has 0 aliphatic rings. The molecule has 5 nitrogen and oxygen atoms in total. The van der Waals surface area contributed by atoms with E-state index in [9.17, 15) is 4.79 Å². The van der Waals surface area contributed by atoms with Crippen LogP contribution >= 0.6 is 0 Å². The van der Waals surface area contributed by atoms with Crippen LogP contribution in [0.2, 0.25) is 0 Å².